The summed E-state index contributed by atoms with van der Waals surface area (Å²) in [5.41, 5.74) is 8.05. The van der Waals surface area contributed by atoms with E-state index in [0.29, 0.717) is 22.1 Å². The highest BCUT2D eigenvalue weighted by molar-refractivity contribution is 7.80. The van der Waals surface area contributed by atoms with Gasteiger partial charge in [0.1, 0.15) is 10.8 Å². The highest BCUT2D eigenvalue weighted by Crippen LogP contribution is 2.21. The van der Waals surface area contributed by atoms with Crippen molar-refractivity contribution >= 4 is 34.5 Å². The Morgan fingerprint density at radius 1 is 1.42 bits per heavy atom. The first-order chi connectivity index (χ1) is 9.06. The average Bonchev–Trinajstić information content (AvgIpc) is 2.36. The van der Waals surface area contributed by atoms with Crippen molar-refractivity contribution in [1.29, 1.82) is 0 Å². The molecule has 0 unspecified atom stereocenters. The van der Waals surface area contributed by atoms with Crippen LogP contribution in [0.3, 0.4) is 0 Å². The highest BCUT2D eigenvalue weighted by atomic mass is 35.5. The predicted octanol–water partition coefficient (Wildman–Crippen LogP) is 2.68. The number of anilines is 1. The van der Waals surface area contributed by atoms with Crippen LogP contribution >= 0.6 is 23.8 Å². The molecular formula is C13H13ClN4S. The molecule has 4 nitrogen and oxygen atoms in total. The van der Waals surface area contributed by atoms with Crippen molar-refractivity contribution in [3.05, 3.63) is 52.6 Å². The van der Waals surface area contributed by atoms with Crippen LogP contribution in [0.4, 0.5) is 5.69 Å². The minimum Gasteiger partial charge on any atom is -0.389 e. The van der Waals surface area contributed by atoms with E-state index in [0.717, 1.165) is 17.2 Å². The number of nitrogens with two attached hydrogens (primary N) is 1. The summed E-state index contributed by atoms with van der Waals surface area (Å²) in [5.74, 6) is 0.751. The smallest absolute Gasteiger partial charge is 0.125 e. The first-order valence-corrected chi connectivity index (χ1v) is 6.46. The molecule has 0 saturated heterocycles. The summed E-state index contributed by atoms with van der Waals surface area (Å²) in [6, 6.07) is 7.35. The Balaban J connectivity index is 2.08. The molecule has 1 aromatic carbocycles. The normalized spacial score (nSPS) is 10.2. The fourth-order valence-corrected chi connectivity index (χ4v) is 2.14. The summed E-state index contributed by atoms with van der Waals surface area (Å²) in [6.45, 7) is 2.46. The van der Waals surface area contributed by atoms with Crippen molar-refractivity contribution < 1.29 is 0 Å². The van der Waals surface area contributed by atoms with E-state index in [-0.39, 0.29) is 0 Å². The van der Waals surface area contributed by atoms with E-state index in [1.54, 1.807) is 18.3 Å². The Bertz CT molecular complexity index is 615. The molecule has 1 heterocycles. The van der Waals surface area contributed by atoms with E-state index in [2.05, 4.69) is 15.3 Å². The van der Waals surface area contributed by atoms with Crippen LogP contribution in [-0.2, 0) is 6.54 Å². The molecule has 6 heteroatoms. The fourth-order valence-electron chi connectivity index (χ4n) is 1.62. The average molecular weight is 293 g/mol. The van der Waals surface area contributed by atoms with Crippen molar-refractivity contribution in [1.82, 2.24) is 9.97 Å². The summed E-state index contributed by atoms with van der Waals surface area (Å²) < 4.78 is 0. The lowest BCUT2D eigenvalue weighted by molar-refractivity contribution is 0.955. The molecule has 0 atom stereocenters. The van der Waals surface area contributed by atoms with E-state index in [9.17, 15) is 0 Å². The van der Waals surface area contributed by atoms with Gasteiger partial charge in [-0.05, 0) is 31.2 Å². The molecule has 0 fully saturated rings. The van der Waals surface area contributed by atoms with E-state index >= 15 is 0 Å². The number of rotatable bonds is 4. The summed E-state index contributed by atoms with van der Waals surface area (Å²) in [5, 5.41) is 3.77. The van der Waals surface area contributed by atoms with Crippen molar-refractivity contribution in [3.63, 3.8) is 0 Å². The van der Waals surface area contributed by atoms with Crippen LogP contribution in [0.1, 0.15) is 17.1 Å². The molecule has 0 aliphatic heterocycles. The SMILES string of the molecule is Cc1nccc(CNc2ccc(C(N)=S)c(Cl)c2)n1. The van der Waals surface area contributed by atoms with Gasteiger partial charge in [-0.25, -0.2) is 9.97 Å². The van der Waals surface area contributed by atoms with Crippen LogP contribution in [-0.4, -0.2) is 15.0 Å². The second-order valence-corrected chi connectivity index (χ2v) is 4.85. The number of halogens is 1. The van der Waals surface area contributed by atoms with Gasteiger partial charge in [-0.2, -0.15) is 0 Å². The van der Waals surface area contributed by atoms with E-state index < -0.39 is 0 Å². The monoisotopic (exact) mass is 292 g/mol. The van der Waals surface area contributed by atoms with Crippen LogP contribution < -0.4 is 11.1 Å². The highest BCUT2D eigenvalue weighted by Gasteiger charge is 2.04. The molecule has 0 amide bonds. The maximum Gasteiger partial charge on any atom is 0.125 e. The van der Waals surface area contributed by atoms with Gasteiger partial charge in [-0.15, -0.1) is 0 Å². The molecule has 0 aliphatic rings. The standard InChI is InChI=1S/C13H13ClN4S/c1-8-16-5-4-10(18-8)7-17-9-2-3-11(13(15)19)12(14)6-9/h2-6,17H,7H2,1H3,(H2,15,19). The number of hydrogen-bond donors (Lipinski definition) is 2. The zero-order valence-corrected chi connectivity index (χ0v) is 11.9. The number of hydrogen-bond acceptors (Lipinski definition) is 4. The van der Waals surface area contributed by atoms with Crippen LogP contribution in [0.25, 0.3) is 0 Å². The van der Waals surface area contributed by atoms with Crippen LogP contribution in [0.15, 0.2) is 30.5 Å². The zero-order valence-electron chi connectivity index (χ0n) is 10.4. The molecule has 0 aliphatic carbocycles. The van der Waals surface area contributed by atoms with Crippen molar-refractivity contribution in [2.24, 2.45) is 5.73 Å². The summed E-state index contributed by atoms with van der Waals surface area (Å²) in [6.07, 6.45) is 1.74. The van der Waals surface area contributed by atoms with E-state index in [4.69, 9.17) is 29.6 Å². The minimum atomic E-state index is 0.294. The van der Waals surface area contributed by atoms with Gasteiger partial charge in [-0.3, -0.25) is 0 Å². The van der Waals surface area contributed by atoms with E-state index in [1.807, 2.05) is 19.1 Å². The van der Waals surface area contributed by atoms with Crippen LogP contribution in [0.2, 0.25) is 5.02 Å². The van der Waals surface area contributed by atoms with Gasteiger partial charge in [0.15, 0.2) is 0 Å². The minimum absolute atomic E-state index is 0.294. The predicted molar refractivity (Wildman–Crippen MR) is 81.4 cm³/mol. The van der Waals surface area contributed by atoms with Crippen molar-refractivity contribution in [2.45, 2.75) is 13.5 Å². The lowest BCUT2D eigenvalue weighted by atomic mass is 10.2. The summed E-state index contributed by atoms with van der Waals surface area (Å²) in [4.78, 5) is 8.66. The zero-order chi connectivity index (χ0) is 13.8. The molecule has 0 bridgehead atoms. The first-order valence-electron chi connectivity index (χ1n) is 5.68. The van der Waals surface area contributed by atoms with Crippen LogP contribution in [0.5, 0.6) is 0 Å². The molecule has 98 valence electrons. The van der Waals surface area contributed by atoms with Gasteiger partial charge < -0.3 is 11.1 Å². The van der Waals surface area contributed by atoms with Gasteiger partial charge in [0.2, 0.25) is 0 Å². The third-order valence-electron chi connectivity index (χ3n) is 2.54. The third-order valence-corrected chi connectivity index (χ3v) is 3.07. The van der Waals surface area contributed by atoms with Crippen molar-refractivity contribution in [2.75, 3.05) is 5.32 Å². The number of aromatic nitrogens is 2. The number of nitrogens with zero attached hydrogens (tertiary/aromatic N) is 2. The maximum atomic E-state index is 6.10. The topological polar surface area (TPSA) is 63.8 Å². The van der Waals surface area contributed by atoms with E-state index in [1.165, 1.54) is 0 Å². The van der Waals surface area contributed by atoms with Crippen LogP contribution in [0, 0.1) is 6.92 Å². The Labute approximate surface area is 122 Å². The van der Waals surface area contributed by atoms with Gasteiger partial charge in [-0.1, -0.05) is 23.8 Å². The van der Waals surface area contributed by atoms with Crippen molar-refractivity contribution in [3.8, 4) is 0 Å². The Hall–Kier alpha value is -1.72. The molecule has 0 saturated carbocycles. The third kappa shape index (κ3) is 3.62. The molecule has 2 rings (SSSR count). The van der Waals surface area contributed by atoms with Gasteiger partial charge >= 0.3 is 0 Å². The molecule has 0 spiro atoms. The molecule has 2 aromatic rings. The Morgan fingerprint density at radius 3 is 2.84 bits per heavy atom. The second kappa shape index (κ2) is 5.95. The quantitative estimate of drug-likeness (QED) is 0.848. The second-order valence-electron chi connectivity index (χ2n) is 4.01. The lowest BCUT2D eigenvalue weighted by Gasteiger charge is -2.08. The maximum absolute atomic E-state index is 6.10. The molecule has 1 aromatic heterocycles. The molecule has 0 radical (unpaired) electrons. The lowest BCUT2D eigenvalue weighted by Crippen LogP contribution is -2.10. The summed E-state index contributed by atoms with van der Waals surface area (Å²) >= 11 is 11.0. The van der Waals surface area contributed by atoms with Gasteiger partial charge in [0.05, 0.1) is 17.3 Å². The Morgan fingerprint density at radius 2 is 2.21 bits per heavy atom. The number of thiocarbonyl (C=S) groups is 1. The molecule has 19 heavy (non-hydrogen) atoms. The number of benzene rings is 1. The fraction of sp³-hybridized carbons (Fsp3) is 0.154. The van der Waals surface area contributed by atoms with Gasteiger partial charge in [0, 0.05) is 17.4 Å². The first kappa shape index (κ1) is 13.7. The largest absolute Gasteiger partial charge is 0.389 e. The molecule has 3 N–H and O–H groups in total. The Kier molecular flexibility index (Phi) is 4.29. The summed E-state index contributed by atoms with van der Waals surface area (Å²) in [7, 11) is 0. The van der Waals surface area contributed by atoms with Gasteiger partial charge in [0.25, 0.3) is 0 Å². The number of nitrogens with one attached hydrogen (secondary N) is 1. The number of aryl methyl sites for hydroxylation is 1. The molecular weight excluding hydrogens is 280 g/mol.